The average Bonchev–Trinajstić information content (AvgIpc) is 3.17. The number of piperidine rings is 1. The van der Waals surface area contributed by atoms with Crippen LogP contribution in [0, 0.1) is 34.5 Å². The Kier molecular flexibility index (Phi) is 6.18. The molecule has 0 aromatic heterocycles. The first kappa shape index (κ1) is 23.7. The molecular weight excluding hydrogens is 424 g/mol. The number of ether oxygens (including phenoxy) is 1. The van der Waals surface area contributed by atoms with Crippen LogP contribution >= 0.6 is 0 Å². The molecule has 5 heteroatoms. The molecule has 4 fully saturated rings. The second-order valence-corrected chi connectivity index (χ2v) is 12.0. The van der Waals surface area contributed by atoms with E-state index in [0.29, 0.717) is 42.7 Å². The van der Waals surface area contributed by atoms with Crippen molar-refractivity contribution >= 4 is 17.7 Å². The highest BCUT2D eigenvalue weighted by atomic mass is 16.5. The van der Waals surface area contributed by atoms with Gasteiger partial charge >= 0.3 is 6.09 Å². The molecule has 3 saturated carbocycles. The van der Waals surface area contributed by atoms with Crippen molar-refractivity contribution in [3.8, 4) is 0 Å². The third-order valence-electron chi connectivity index (χ3n) is 10.8. The van der Waals surface area contributed by atoms with Crippen LogP contribution in [0.15, 0.2) is 24.3 Å². The maximum atomic E-state index is 12.6. The van der Waals surface area contributed by atoms with Crippen molar-refractivity contribution in [2.75, 3.05) is 19.0 Å². The van der Waals surface area contributed by atoms with Gasteiger partial charge in [-0.25, -0.2) is 4.79 Å². The Morgan fingerprint density at radius 2 is 1.82 bits per heavy atom. The highest BCUT2D eigenvalue weighted by Crippen LogP contribution is 2.66. The summed E-state index contributed by atoms with van der Waals surface area (Å²) in [6.45, 7) is 7.57. The predicted molar refractivity (Wildman–Crippen MR) is 134 cm³/mol. The number of benzene rings is 1. The summed E-state index contributed by atoms with van der Waals surface area (Å²) in [6.07, 6.45) is 9.57. The summed E-state index contributed by atoms with van der Waals surface area (Å²) in [7, 11) is 2.03. The number of rotatable bonds is 4. The van der Waals surface area contributed by atoms with E-state index in [-0.39, 0.29) is 16.9 Å². The largest absolute Gasteiger partial charge is 0.449 e. The number of nitrogens with one attached hydrogen (secondary N) is 1. The van der Waals surface area contributed by atoms with E-state index in [1.54, 1.807) is 0 Å². The Morgan fingerprint density at radius 1 is 1.06 bits per heavy atom. The van der Waals surface area contributed by atoms with Gasteiger partial charge in [-0.05, 0) is 97.5 Å². The topological polar surface area (TPSA) is 58.6 Å². The van der Waals surface area contributed by atoms with Gasteiger partial charge in [0.2, 0.25) is 5.91 Å². The van der Waals surface area contributed by atoms with Crippen LogP contribution in [0.3, 0.4) is 0 Å². The Balaban J connectivity index is 1.24. The summed E-state index contributed by atoms with van der Waals surface area (Å²) in [5.41, 5.74) is 2.49. The van der Waals surface area contributed by atoms with Gasteiger partial charge in [0, 0.05) is 25.2 Å². The minimum atomic E-state index is -0.329. The van der Waals surface area contributed by atoms with E-state index in [2.05, 4.69) is 31.0 Å². The maximum absolute atomic E-state index is 12.6. The predicted octanol–water partition coefficient (Wildman–Crippen LogP) is 6.28. The molecule has 1 N–H and O–H groups in total. The van der Waals surface area contributed by atoms with Gasteiger partial charge in [-0.1, -0.05) is 39.0 Å². The molecule has 0 spiro atoms. The number of aryl methyl sites for hydroxylation is 1. The summed E-state index contributed by atoms with van der Waals surface area (Å²) >= 11 is 0. The molecule has 2 amide bonds. The zero-order chi connectivity index (χ0) is 24.1. The second-order valence-electron chi connectivity index (χ2n) is 12.0. The lowest BCUT2D eigenvalue weighted by Crippen LogP contribution is -2.61. The molecule has 1 saturated heterocycles. The van der Waals surface area contributed by atoms with Crippen molar-refractivity contribution in [3.05, 3.63) is 29.8 Å². The molecule has 1 unspecified atom stereocenters. The van der Waals surface area contributed by atoms with Crippen LogP contribution in [0.25, 0.3) is 0 Å². The molecule has 186 valence electrons. The maximum Gasteiger partial charge on any atom is 0.411 e. The Labute approximate surface area is 205 Å². The van der Waals surface area contributed by atoms with Crippen molar-refractivity contribution in [2.45, 2.75) is 84.6 Å². The van der Waals surface area contributed by atoms with Crippen LogP contribution < -0.4 is 5.32 Å². The number of carbonyl (C=O) groups is 2. The fourth-order valence-electron chi connectivity index (χ4n) is 8.81. The third-order valence-corrected chi connectivity index (χ3v) is 10.8. The number of hydrogen-bond acceptors (Lipinski definition) is 3. The molecule has 3 aliphatic carbocycles. The normalized spacial score (nSPS) is 39.1. The molecule has 1 aromatic carbocycles. The van der Waals surface area contributed by atoms with Crippen LogP contribution in [-0.2, 0) is 16.0 Å². The summed E-state index contributed by atoms with van der Waals surface area (Å²) < 4.78 is 5.82. The Morgan fingerprint density at radius 3 is 2.62 bits per heavy atom. The Hall–Kier alpha value is -2.04. The lowest BCUT2D eigenvalue weighted by Gasteiger charge is -2.61. The minimum Gasteiger partial charge on any atom is -0.449 e. The van der Waals surface area contributed by atoms with Crippen LogP contribution in [0.2, 0.25) is 0 Å². The molecule has 1 aliphatic heterocycles. The quantitative estimate of drug-likeness (QED) is 0.568. The van der Waals surface area contributed by atoms with Crippen molar-refractivity contribution < 1.29 is 14.3 Å². The number of likely N-dealkylation sites (tertiary alicyclic amines) is 1. The molecule has 1 aromatic rings. The van der Waals surface area contributed by atoms with Gasteiger partial charge in [0.1, 0.15) is 0 Å². The van der Waals surface area contributed by atoms with E-state index >= 15 is 0 Å². The van der Waals surface area contributed by atoms with Crippen LogP contribution in [0.1, 0.15) is 77.7 Å². The van der Waals surface area contributed by atoms with E-state index in [4.69, 9.17) is 4.74 Å². The van der Waals surface area contributed by atoms with Crippen LogP contribution in [0.5, 0.6) is 0 Å². The van der Waals surface area contributed by atoms with Gasteiger partial charge < -0.3 is 9.64 Å². The summed E-state index contributed by atoms with van der Waals surface area (Å²) in [4.78, 5) is 27.1. The van der Waals surface area contributed by atoms with Gasteiger partial charge in [0.05, 0.1) is 6.61 Å². The van der Waals surface area contributed by atoms with E-state index in [1.807, 2.05) is 31.3 Å². The van der Waals surface area contributed by atoms with E-state index in [1.165, 1.54) is 25.7 Å². The molecule has 5 nitrogen and oxygen atoms in total. The Bertz CT molecular complexity index is 947. The molecule has 7 atom stereocenters. The molecule has 34 heavy (non-hydrogen) atoms. The number of hydrogen-bond donors (Lipinski definition) is 1. The van der Waals surface area contributed by atoms with Gasteiger partial charge in [0.15, 0.2) is 0 Å². The van der Waals surface area contributed by atoms with Gasteiger partial charge in [0.25, 0.3) is 0 Å². The molecule has 4 aliphatic rings. The van der Waals surface area contributed by atoms with Gasteiger partial charge in [-0.2, -0.15) is 0 Å². The monoisotopic (exact) mass is 466 g/mol. The van der Waals surface area contributed by atoms with Crippen molar-refractivity contribution in [3.63, 3.8) is 0 Å². The first-order valence-corrected chi connectivity index (χ1v) is 13.5. The van der Waals surface area contributed by atoms with E-state index in [9.17, 15) is 9.59 Å². The number of para-hydroxylation sites is 1. The summed E-state index contributed by atoms with van der Waals surface area (Å²) in [5.74, 6) is 2.95. The van der Waals surface area contributed by atoms with Crippen molar-refractivity contribution in [1.82, 2.24) is 4.90 Å². The molecule has 1 heterocycles. The number of amides is 2. The van der Waals surface area contributed by atoms with Crippen LogP contribution in [0.4, 0.5) is 10.5 Å². The van der Waals surface area contributed by atoms with Crippen molar-refractivity contribution in [2.24, 2.45) is 34.5 Å². The lowest BCUT2D eigenvalue weighted by molar-refractivity contribution is -0.158. The van der Waals surface area contributed by atoms with E-state index in [0.717, 1.165) is 42.9 Å². The third kappa shape index (κ3) is 3.74. The standard InChI is InChI=1S/C29H42N2O3/c1-5-19-8-6-7-9-24(19)30-27(33)34-18-20-10-12-22-21-11-13-25-29(3,17-15-26(32)31(25)4)23(21)14-16-28(20,22)2/h6-9,20-23,25H,5,10-18H2,1-4H3,(H,30,33)/t20?,21-,22-,23-,25+,28+,29+/m0/s1. The SMILES string of the molecule is CCc1ccccc1NC(=O)OCC1CC[C@H]2[C@@H]3CC[C@H]4N(C)C(=O)CC[C@]4(C)[C@H]3CC[C@]12C. The first-order chi connectivity index (χ1) is 16.3. The lowest BCUT2D eigenvalue weighted by atomic mass is 9.47. The second kappa shape index (κ2) is 8.87. The summed E-state index contributed by atoms with van der Waals surface area (Å²) in [6, 6.07) is 8.36. The zero-order valence-electron chi connectivity index (χ0n) is 21.4. The number of fused-ring (bicyclic) bond motifs is 5. The van der Waals surface area contributed by atoms with Crippen molar-refractivity contribution in [1.29, 1.82) is 0 Å². The highest BCUT2D eigenvalue weighted by Gasteiger charge is 2.61. The molecule has 5 rings (SSSR count). The molecule has 0 radical (unpaired) electrons. The van der Waals surface area contributed by atoms with Crippen LogP contribution in [-0.4, -0.2) is 36.6 Å². The smallest absolute Gasteiger partial charge is 0.411 e. The first-order valence-electron chi connectivity index (χ1n) is 13.5. The van der Waals surface area contributed by atoms with E-state index < -0.39 is 0 Å². The number of carbonyl (C=O) groups excluding carboxylic acids is 2. The summed E-state index contributed by atoms with van der Waals surface area (Å²) in [5, 5.41) is 2.97. The zero-order valence-corrected chi connectivity index (χ0v) is 21.4. The fourth-order valence-corrected chi connectivity index (χ4v) is 8.81. The van der Waals surface area contributed by atoms with Gasteiger partial charge in [-0.3, -0.25) is 10.1 Å². The fraction of sp³-hybridized carbons (Fsp3) is 0.724. The van der Waals surface area contributed by atoms with Gasteiger partial charge in [-0.15, -0.1) is 0 Å². The minimum absolute atomic E-state index is 0.252. The average molecular weight is 467 g/mol. The highest BCUT2D eigenvalue weighted by molar-refractivity contribution is 5.85. The molecule has 0 bridgehead atoms. The molecular formula is C29H42N2O3. The number of anilines is 1. The number of nitrogens with zero attached hydrogens (tertiary/aromatic N) is 1.